The molecule has 2 aromatic rings. The van der Waals surface area contributed by atoms with E-state index in [1.54, 1.807) is 18.2 Å². The molecular formula is C19H20BClO4. The van der Waals surface area contributed by atoms with Crippen LogP contribution in [-0.2, 0) is 20.7 Å². The average molecular weight is 359 g/mol. The van der Waals surface area contributed by atoms with Crippen molar-refractivity contribution < 1.29 is 18.8 Å². The van der Waals surface area contributed by atoms with Crippen molar-refractivity contribution in [1.82, 2.24) is 0 Å². The minimum absolute atomic E-state index is 0.0135. The van der Waals surface area contributed by atoms with Crippen LogP contribution in [0.5, 0.6) is 0 Å². The molecule has 0 amide bonds. The second-order valence-corrected chi connectivity index (χ2v) is 7.33. The maximum absolute atomic E-state index is 12.4. The highest BCUT2D eigenvalue weighted by molar-refractivity contribution is 6.61. The van der Waals surface area contributed by atoms with Crippen molar-refractivity contribution in [2.24, 2.45) is 5.41 Å². The van der Waals surface area contributed by atoms with E-state index in [9.17, 15) is 4.79 Å². The van der Waals surface area contributed by atoms with E-state index in [4.69, 9.17) is 25.6 Å². The second kappa shape index (κ2) is 7.60. The molecule has 0 saturated carbocycles. The molecule has 2 aromatic carbocycles. The van der Waals surface area contributed by atoms with Crippen molar-refractivity contribution in [3.8, 4) is 0 Å². The van der Waals surface area contributed by atoms with Crippen molar-refractivity contribution in [2.75, 3.05) is 13.2 Å². The summed E-state index contributed by atoms with van der Waals surface area (Å²) in [5, 5.41) is 0.345. The van der Waals surface area contributed by atoms with E-state index < -0.39 is 13.1 Å². The number of benzene rings is 2. The van der Waals surface area contributed by atoms with Gasteiger partial charge in [0.25, 0.3) is 0 Å². The molecule has 1 saturated heterocycles. The van der Waals surface area contributed by atoms with Gasteiger partial charge >= 0.3 is 13.1 Å². The lowest BCUT2D eigenvalue weighted by molar-refractivity contribution is 0.0343. The molecule has 130 valence electrons. The van der Waals surface area contributed by atoms with E-state index in [2.05, 4.69) is 13.8 Å². The normalized spacial score (nSPS) is 16.5. The second-order valence-electron chi connectivity index (χ2n) is 6.92. The number of carbonyl (C=O) groups is 1. The Bertz CT molecular complexity index is 738. The molecule has 0 atom stereocenters. The van der Waals surface area contributed by atoms with Crippen LogP contribution >= 0.6 is 11.6 Å². The Kier molecular flexibility index (Phi) is 5.47. The highest BCUT2D eigenvalue weighted by Crippen LogP contribution is 2.22. The van der Waals surface area contributed by atoms with Crippen LogP contribution in [0.1, 0.15) is 29.8 Å². The summed E-state index contributed by atoms with van der Waals surface area (Å²) in [5.74, 6) is -0.466. The molecule has 4 nitrogen and oxygen atoms in total. The van der Waals surface area contributed by atoms with Crippen molar-refractivity contribution in [3.63, 3.8) is 0 Å². The Morgan fingerprint density at radius 3 is 2.52 bits per heavy atom. The van der Waals surface area contributed by atoms with Gasteiger partial charge in [0.1, 0.15) is 6.61 Å². The largest absolute Gasteiger partial charge is 0.493 e. The minimum Gasteiger partial charge on any atom is -0.457 e. The van der Waals surface area contributed by atoms with Crippen molar-refractivity contribution in [3.05, 3.63) is 64.7 Å². The number of esters is 1. The summed E-state index contributed by atoms with van der Waals surface area (Å²) in [6.07, 6.45) is 0. The maximum Gasteiger partial charge on any atom is 0.493 e. The number of carbonyl (C=O) groups excluding carboxylic acids is 1. The van der Waals surface area contributed by atoms with Gasteiger partial charge in [-0.05, 0) is 23.2 Å². The molecule has 1 aliphatic heterocycles. The fourth-order valence-electron chi connectivity index (χ4n) is 2.53. The summed E-state index contributed by atoms with van der Waals surface area (Å²) < 4.78 is 16.9. The van der Waals surface area contributed by atoms with Crippen molar-refractivity contribution in [2.45, 2.75) is 20.5 Å². The molecule has 1 aliphatic rings. The summed E-state index contributed by atoms with van der Waals surface area (Å²) in [6, 6.07) is 14.7. The molecule has 0 bridgehead atoms. The van der Waals surface area contributed by atoms with E-state index in [-0.39, 0.29) is 12.0 Å². The predicted molar refractivity (Wildman–Crippen MR) is 98.1 cm³/mol. The standard InChI is InChI=1S/C19H20BClO4/c1-19(2)12-24-20(25-13-19)15-8-9-17(21)16(10-15)18(22)23-11-14-6-4-3-5-7-14/h3-10H,11-13H2,1-2H3. The van der Waals surface area contributed by atoms with Gasteiger partial charge in [-0.3, -0.25) is 0 Å². The van der Waals surface area contributed by atoms with Crippen LogP contribution in [0, 0.1) is 5.41 Å². The first-order valence-electron chi connectivity index (χ1n) is 8.18. The number of ether oxygens (including phenoxy) is 1. The van der Waals surface area contributed by atoms with E-state index in [1.165, 1.54) is 0 Å². The summed E-state index contributed by atoms with van der Waals surface area (Å²) in [6.45, 7) is 5.54. The third-order valence-corrected chi connectivity index (χ3v) is 4.28. The Morgan fingerprint density at radius 1 is 1.16 bits per heavy atom. The quantitative estimate of drug-likeness (QED) is 0.620. The Balaban J connectivity index is 1.70. The lowest BCUT2D eigenvalue weighted by Crippen LogP contribution is -2.47. The van der Waals surface area contributed by atoms with Crippen LogP contribution < -0.4 is 5.46 Å². The zero-order valence-corrected chi connectivity index (χ0v) is 15.1. The van der Waals surface area contributed by atoms with Crippen LogP contribution in [0.25, 0.3) is 0 Å². The molecule has 0 radical (unpaired) electrons. The van der Waals surface area contributed by atoms with Gasteiger partial charge in [0.2, 0.25) is 0 Å². The van der Waals surface area contributed by atoms with Gasteiger partial charge in [-0.25, -0.2) is 4.79 Å². The molecule has 0 aliphatic carbocycles. The first kappa shape index (κ1) is 18.0. The minimum atomic E-state index is -0.494. The monoisotopic (exact) mass is 358 g/mol. The molecule has 6 heteroatoms. The maximum atomic E-state index is 12.4. The number of rotatable bonds is 4. The zero-order chi connectivity index (χ0) is 17.9. The van der Waals surface area contributed by atoms with E-state index in [1.807, 2.05) is 30.3 Å². The smallest absolute Gasteiger partial charge is 0.457 e. The summed E-state index contributed by atoms with van der Waals surface area (Å²) >= 11 is 6.17. The number of halogens is 1. The van der Waals surface area contributed by atoms with E-state index in [0.717, 1.165) is 11.0 Å². The van der Waals surface area contributed by atoms with Gasteiger partial charge < -0.3 is 14.0 Å². The SMILES string of the molecule is CC1(C)COB(c2ccc(Cl)c(C(=O)OCc3ccccc3)c2)OC1. The van der Waals surface area contributed by atoms with E-state index >= 15 is 0 Å². The van der Waals surface area contributed by atoms with Crippen LogP contribution in [-0.4, -0.2) is 26.3 Å². The molecular weight excluding hydrogens is 338 g/mol. The lowest BCUT2D eigenvalue weighted by atomic mass is 9.75. The van der Waals surface area contributed by atoms with Crippen molar-refractivity contribution in [1.29, 1.82) is 0 Å². The zero-order valence-electron chi connectivity index (χ0n) is 14.3. The summed E-state index contributed by atoms with van der Waals surface area (Å²) in [7, 11) is -0.494. The molecule has 0 aromatic heterocycles. The predicted octanol–water partition coefficient (Wildman–Crippen LogP) is 3.47. The highest BCUT2D eigenvalue weighted by atomic mass is 35.5. The van der Waals surface area contributed by atoms with Gasteiger partial charge in [-0.1, -0.05) is 61.8 Å². The Hall–Kier alpha value is -1.82. The van der Waals surface area contributed by atoms with Gasteiger partial charge in [0, 0.05) is 18.6 Å². The average Bonchev–Trinajstić information content (AvgIpc) is 2.61. The van der Waals surface area contributed by atoms with Crippen LogP contribution in [0.2, 0.25) is 5.02 Å². The lowest BCUT2D eigenvalue weighted by Gasteiger charge is -2.33. The topological polar surface area (TPSA) is 44.8 Å². The third-order valence-electron chi connectivity index (χ3n) is 3.95. The van der Waals surface area contributed by atoms with Crippen molar-refractivity contribution >= 4 is 30.2 Å². The van der Waals surface area contributed by atoms with Gasteiger partial charge in [0.15, 0.2) is 0 Å². The molecule has 0 N–H and O–H groups in total. The summed E-state index contributed by atoms with van der Waals surface area (Å²) in [5.41, 5.74) is 1.98. The number of hydrogen-bond donors (Lipinski definition) is 0. The van der Waals surface area contributed by atoms with Gasteiger partial charge in [0.05, 0.1) is 10.6 Å². The van der Waals surface area contributed by atoms with Crippen LogP contribution in [0.3, 0.4) is 0 Å². The fourth-order valence-corrected chi connectivity index (χ4v) is 2.73. The van der Waals surface area contributed by atoms with Crippen LogP contribution in [0.15, 0.2) is 48.5 Å². The molecule has 25 heavy (non-hydrogen) atoms. The molecule has 1 fully saturated rings. The van der Waals surface area contributed by atoms with Crippen LogP contribution in [0.4, 0.5) is 0 Å². The first-order chi connectivity index (χ1) is 11.9. The molecule has 3 rings (SSSR count). The fraction of sp³-hybridized carbons (Fsp3) is 0.316. The highest BCUT2D eigenvalue weighted by Gasteiger charge is 2.34. The summed E-state index contributed by atoms with van der Waals surface area (Å²) in [4.78, 5) is 12.4. The Labute approximate surface area is 153 Å². The molecule has 0 unspecified atom stereocenters. The third kappa shape index (κ3) is 4.63. The molecule has 1 heterocycles. The van der Waals surface area contributed by atoms with E-state index in [0.29, 0.717) is 23.8 Å². The van der Waals surface area contributed by atoms with Gasteiger partial charge in [-0.15, -0.1) is 0 Å². The first-order valence-corrected chi connectivity index (χ1v) is 8.56. The Morgan fingerprint density at radius 2 is 1.84 bits per heavy atom. The number of hydrogen-bond acceptors (Lipinski definition) is 4. The molecule has 0 spiro atoms. The van der Waals surface area contributed by atoms with Gasteiger partial charge in [-0.2, -0.15) is 0 Å².